The molecular formula is C14H21FN2OS. The Bertz CT molecular complexity index is 430. The highest BCUT2D eigenvalue weighted by atomic mass is 32.2. The molecule has 1 aromatic carbocycles. The van der Waals surface area contributed by atoms with Crippen molar-refractivity contribution in [2.75, 3.05) is 39.3 Å². The van der Waals surface area contributed by atoms with E-state index in [1.807, 2.05) is 30.9 Å². The van der Waals surface area contributed by atoms with E-state index >= 15 is 0 Å². The molecule has 0 aromatic heterocycles. The van der Waals surface area contributed by atoms with Crippen LogP contribution in [-0.4, -0.2) is 50.2 Å². The third-order valence-corrected chi connectivity index (χ3v) is 4.73. The fraction of sp³-hybridized carbons (Fsp3) is 0.571. The van der Waals surface area contributed by atoms with Gasteiger partial charge in [0.2, 0.25) is 0 Å². The number of likely N-dealkylation sites (N-methyl/N-ethyl adjacent to an activating group) is 2. The number of ether oxygens (including phenoxy) is 1. The molecule has 1 fully saturated rings. The average Bonchev–Trinajstić information content (AvgIpc) is 2.43. The lowest BCUT2D eigenvalue weighted by Crippen LogP contribution is -2.47. The zero-order valence-corrected chi connectivity index (χ0v) is 12.5. The van der Waals surface area contributed by atoms with E-state index in [0.717, 1.165) is 18.1 Å². The van der Waals surface area contributed by atoms with Crippen LogP contribution in [0.5, 0.6) is 5.75 Å². The van der Waals surface area contributed by atoms with E-state index in [1.54, 1.807) is 7.11 Å². The second kappa shape index (κ2) is 6.59. The number of thioether (sulfide) groups is 1. The van der Waals surface area contributed by atoms with Crippen LogP contribution >= 0.6 is 11.8 Å². The quantitative estimate of drug-likeness (QED) is 0.915. The Hall–Kier alpha value is -0.780. The molecule has 1 aliphatic heterocycles. The van der Waals surface area contributed by atoms with Crippen LogP contribution in [0.15, 0.2) is 18.2 Å². The third-order valence-electron chi connectivity index (χ3n) is 3.68. The first-order valence-electron chi connectivity index (χ1n) is 6.46. The summed E-state index contributed by atoms with van der Waals surface area (Å²) in [7, 11) is 5.55. The Kier molecular flexibility index (Phi) is 5.07. The molecule has 0 amide bonds. The minimum Gasteiger partial charge on any atom is -0.497 e. The van der Waals surface area contributed by atoms with E-state index in [1.165, 1.54) is 6.07 Å². The van der Waals surface area contributed by atoms with Crippen molar-refractivity contribution in [2.45, 2.75) is 12.1 Å². The molecule has 2 rings (SSSR count). The van der Waals surface area contributed by atoms with Crippen molar-refractivity contribution in [1.82, 2.24) is 10.2 Å². The number of rotatable bonds is 4. The summed E-state index contributed by atoms with van der Waals surface area (Å²) in [5.74, 6) is 2.52. The minimum absolute atomic E-state index is 0.00343. The van der Waals surface area contributed by atoms with Crippen LogP contribution in [0, 0.1) is 5.82 Å². The van der Waals surface area contributed by atoms with Crippen LogP contribution in [0.2, 0.25) is 0 Å². The number of nitrogens with zero attached hydrogens (tertiary/aromatic N) is 1. The first kappa shape index (κ1) is 14.6. The molecule has 106 valence electrons. The third kappa shape index (κ3) is 3.22. The number of benzene rings is 1. The lowest BCUT2D eigenvalue weighted by Gasteiger charge is -2.38. The van der Waals surface area contributed by atoms with E-state index < -0.39 is 0 Å². The average molecular weight is 284 g/mol. The van der Waals surface area contributed by atoms with Crippen molar-refractivity contribution in [2.24, 2.45) is 0 Å². The van der Waals surface area contributed by atoms with Crippen LogP contribution < -0.4 is 10.1 Å². The molecule has 1 saturated heterocycles. The summed E-state index contributed by atoms with van der Waals surface area (Å²) in [6.45, 7) is 1.05. The highest BCUT2D eigenvalue weighted by molar-refractivity contribution is 7.99. The summed E-state index contributed by atoms with van der Waals surface area (Å²) in [6.07, 6.45) is 0. The van der Waals surface area contributed by atoms with Gasteiger partial charge in [-0.1, -0.05) is 6.07 Å². The van der Waals surface area contributed by atoms with Crippen LogP contribution in [0.4, 0.5) is 4.39 Å². The molecule has 0 aliphatic carbocycles. The smallest absolute Gasteiger partial charge is 0.131 e. The van der Waals surface area contributed by atoms with Gasteiger partial charge in [0.05, 0.1) is 13.2 Å². The summed E-state index contributed by atoms with van der Waals surface area (Å²) >= 11 is 1.93. The molecule has 1 aliphatic rings. The molecule has 2 unspecified atom stereocenters. The predicted octanol–water partition coefficient (Wildman–Crippen LogP) is 2.14. The summed E-state index contributed by atoms with van der Waals surface area (Å²) in [6, 6.07) is 5.41. The van der Waals surface area contributed by atoms with Gasteiger partial charge in [0.15, 0.2) is 0 Å². The standard InChI is InChI=1S/C14H21FN2OS/c1-16-14(13-9-19-7-6-17(13)2)11-5-4-10(18-3)8-12(11)15/h4-5,8,13-14,16H,6-7,9H2,1-3H3. The molecule has 0 spiro atoms. The highest BCUT2D eigenvalue weighted by Gasteiger charge is 2.29. The Morgan fingerprint density at radius 2 is 2.32 bits per heavy atom. The highest BCUT2D eigenvalue weighted by Crippen LogP contribution is 2.29. The van der Waals surface area contributed by atoms with Crippen LogP contribution in [0.25, 0.3) is 0 Å². The molecule has 5 heteroatoms. The molecule has 0 bridgehead atoms. The van der Waals surface area contributed by atoms with E-state index in [0.29, 0.717) is 17.4 Å². The van der Waals surface area contributed by atoms with Gasteiger partial charge in [-0.05, 0) is 20.2 Å². The topological polar surface area (TPSA) is 24.5 Å². The van der Waals surface area contributed by atoms with Gasteiger partial charge in [0.25, 0.3) is 0 Å². The number of halogens is 1. The SMILES string of the molecule is CNC(c1ccc(OC)cc1F)C1CSCCN1C. The fourth-order valence-electron chi connectivity index (χ4n) is 2.50. The molecule has 0 radical (unpaired) electrons. The molecular weight excluding hydrogens is 263 g/mol. The van der Waals surface area contributed by atoms with Crippen LogP contribution in [-0.2, 0) is 0 Å². The molecule has 1 aromatic rings. The van der Waals surface area contributed by atoms with Gasteiger partial charge in [-0.25, -0.2) is 4.39 Å². The van der Waals surface area contributed by atoms with Gasteiger partial charge >= 0.3 is 0 Å². The zero-order valence-electron chi connectivity index (χ0n) is 11.6. The Balaban J connectivity index is 2.25. The van der Waals surface area contributed by atoms with E-state index in [-0.39, 0.29) is 11.9 Å². The van der Waals surface area contributed by atoms with E-state index in [4.69, 9.17) is 4.74 Å². The van der Waals surface area contributed by atoms with Gasteiger partial charge in [0, 0.05) is 35.7 Å². The van der Waals surface area contributed by atoms with Gasteiger partial charge in [0.1, 0.15) is 11.6 Å². The summed E-state index contributed by atoms with van der Waals surface area (Å²) < 4.78 is 19.3. The largest absolute Gasteiger partial charge is 0.497 e. The Morgan fingerprint density at radius 3 is 2.89 bits per heavy atom. The van der Waals surface area contributed by atoms with E-state index in [2.05, 4.69) is 17.3 Å². The molecule has 2 atom stereocenters. The summed E-state index contributed by atoms with van der Waals surface area (Å²) in [5, 5.41) is 3.26. The maximum atomic E-state index is 14.2. The van der Waals surface area contributed by atoms with Crippen molar-refractivity contribution in [3.05, 3.63) is 29.6 Å². The molecule has 3 nitrogen and oxygen atoms in total. The number of methoxy groups -OCH3 is 1. The number of hydrogen-bond donors (Lipinski definition) is 1. The first-order chi connectivity index (χ1) is 9.17. The van der Waals surface area contributed by atoms with Gasteiger partial charge in [-0.2, -0.15) is 11.8 Å². The Morgan fingerprint density at radius 1 is 1.53 bits per heavy atom. The minimum atomic E-state index is -0.206. The van der Waals surface area contributed by atoms with Crippen molar-refractivity contribution in [3.8, 4) is 5.75 Å². The Labute approximate surface area is 118 Å². The van der Waals surface area contributed by atoms with Crippen molar-refractivity contribution in [3.63, 3.8) is 0 Å². The lowest BCUT2D eigenvalue weighted by atomic mass is 9.98. The molecule has 0 saturated carbocycles. The van der Waals surface area contributed by atoms with Gasteiger partial charge < -0.3 is 10.1 Å². The van der Waals surface area contributed by atoms with Crippen LogP contribution in [0.3, 0.4) is 0 Å². The maximum Gasteiger partial charge on any atom is 0.131 e. The molecule has 1 N–H and O–H groups in total. The zero-order chi connectivity index (χ0) is 13.8. The fourth-order valence-corrected chi connectivity index (χ4v) is 3.77. The van der Waals surface area contributed by atoms with E-state index in [9.17, 15) is 4.39 Å². The molecule has 1 heterocycles. The second-order valence-corrected chi connectivity index (χ2v) is 5.93. The first-order valence-corrected chi connectivity index (χ1v) is 7.61. The van der Waals surface area contributed by atoms with Crippen molar-refractivity contribution < 1.29 is 9.13 Å². The second-order valence-electron chi connectivity index (χ2n) is 4.78. The number of hydrogen-bond acceptors (Lipinski definition) is 4. The van der Waals surface area contributed by atoms with Crippen molar-refractivity contribution in [1.29, 1.82) is 0 Å². The maximum absolute atomic E-state index is 14.2. The summed E-state index contributed by atoms with van der Waals surface area (Å²) in [4.78, 5) is 2.31. The lowest BCUT2D eigenvalue weighted by molar-refractivity contribution is 0.218. The molecule has 19 heavy (non-hydrogen) atoms. The van der Waals surface area contributed by atoms with Gasteiger partial charge in [-0.3, -0.25) is 4.90 Å². The monoisotopic (exact) mass is 284 g/mol. The van der Waals surface area contributed by atoms with Crippen molar-refractivity contribution >= 4 is 11.8 Å². The number of nitrogens with one attached hydrogen (secondary N) is 1. The normalized spacial score (nSPS) is 22.2. The summed E-state index contributed by atoms with van der Waals surface area (Å²) in [5.41, 5.74) is 0.711. The van der Waals surface area contributed by atoms with Gasteiger partial charge in [-0.15, -0.1) is 0 Å². The predicted molar refractivity (Wildman–Crippen MR) is 78.5 cm³/mol. The van der Waals surface area contributed by atoms with Crippen LogP contribution in [0.1, 0.15) is 11.6 Å².